The summed E-state index contributed by atoms with van der Waals surface area (Å²) in [5.74, 6) is 0.839. The molecule has 0 unspecified atom stereocenters. The number of carbonyl (C=O) groups excluding carboxylic acids is 1. The number of hydrogen-bond donors (Lipinski definition) is 1. The third-order valence-electron chi connectivity index (χ3n) is 2.75. The summed E-state index contributed by atoms with van der Waals surface area (Å²) in [4.78, 5) is 14.6. The topological polar surface area (TPSA) is 55.6 Å². The second kappa shape index (κ2) is 8.29. The normalized spacial score (nSPS) is 12.8. The van der Waals surface area contributed by atoms with Gasteiger partial charge in [0.05, 0.1) is 0 Å². The van der Waals surface area contributed by atoms with Crippen LogP contribution in [0.15, 0.2) is 35.2 Å². The van der Waals surface area contributed by atoms with Crippen LogP contribution in [0.2, 0.25) is 0 Å². The lowest BCUT2D eigenvalue weighted by Gasteiger charge is -2.25. The standard InChI is InChI=1S/C16H26N2O2S/c1-16(2,3)20-15(19)18(4)11-10-13(17)12-21-14-8-6-5-7-9-14/h5-9,13H,10-12,17H2,1-4H3/t13-/m1/s1. The van der Waals surface area contributed by atoms with Crippen molar-refractivity contribution in [2.45, 2.75) is 43.7 Å². The lowest BCUT2D eigenvalue weighted by atomic mass is 10.2. The summed E-state index contributed by atoms with van der Waals surface area (Å²) in [5, 5.41) is 0. The van der Waals surface area contributed by atoms with Gasteiger partial charge in [0.15, 0.2) is 0 Å². The van der Waals surface area contributed by atoms with E-state index in [1.807, 2.05) is 39.0 Å². The van der Waals surface area contributed by atoms with Crippen molar-refractivity contribution in [2.75, 3.05) is 19.3 Å². The Morgan fingerprint density at radius 1 is 1.33 bits per heavy atom. The summed E-state index contributed by atoms with van der Waals surface area (Å²) < 4.78 is 5.30. The molecule has 0 aliphatic heterocycles. The molecule has 0 saturated heterocycles. The van der Waals surface area contributed by atoms with Gasteiger partial charge in [0.1, 0.15) is 5.60 Å². The van der Waals surface area contributed by atoms with E-state index in [-0.39, 0.29) is 12.1 Å². The Kier molecular flexibility index (Phi) is 7.05. The van der Waals surface area contributed by atoms with Gasteiger partial charge in [0, 0.05) is 30.3 Å². The lowest BCUT2D eigenvalue weighted by molar-refractivity contribution is 0.0295. The number of benzene rings is 1. The van der Waals surface area contributed by atoms with Crippen molar-refractivity contribution in [2.24, 2.45) is 5.73 Å². The van der Waals surface area contributed by atoms with Gasteiger partial charge in [0.2, 0.25) is 0 Å². The third-order valence-corrected chi connectivity index (χ3v) is 3.95. The first-order valence-corrected chi connectivity index (χ1v) is 8.14. The quantitative estimate of drug-likeness (QED) is 0.819. The molecule has 1 rings (SSSR count). The molecule has 21 heavy (non-hydrogen) atoms. The van der Waals surface area contributed by atoms with E-state index in [2.05, 4.69) is 12.1 Å². The van der Waals surface area contributed by atoms with Gasteiger partial charge in [-0.1, -0.05) is 18.2 Å². The van der Waals surface area contributed by atoms with Gasteiger partial charge in [-0.25, -0.2) is 4.79 Å². The van der Waals surface area contributed by atoms with Gasteiger partial charge in [-0.3, -0.25) is 0 Å². The minimum atomic E-state index is -0.462. The second-order valence-corrected chi connectivity index (χ2v) is 7.17. The van der Waals surface area contributed by atoms with Crippen LogP contribution in [0.1, 0.15) is 27.2 Å². The first kappa shape index (κ1) is 17.9. The molecule has 0 aliphatic rings. The van der Waals surface area contributed by atoms with Crippen molar-refractivity contribution < 1.29 is 9.53 Å². The molecule has 0 aliphatic carbocycles. The van der Waals surface area contributed by atoms with Crippen LogP contribution in [0.25, 0.3) is 0 Å². The molecule has 0 bridgehead atoms. The number of nitrogens with two attached hydrogens (primary N) is 1. The Balaban J connectivity index is 2.26. The fourth-order valence-corrected chi connectivity index (χ4v) is 2.52. The molecular formula is C16H26N2O2S. The van der Waals surface area contributed by atoms with E-state index >= 15 is 0 Å². The highest BCUT2D eigenvalue weighted by molar-refractivity contribution is 7.99. The van der Waals surface area contributed by atoms with Crippen LogP contribution in [0.5, 0.6) is 0 Å². The Hall–Kier alpha value is -1.20. The maximum absolute atomic E-state index is 11.8. The molecule has 0 radical (unpaired) electrons. The van der Waals surface area contributed by atoms with E-state index in [0.29, 0.717) is 6.54 Å². The molecule has 1 atom stereocenters. The number of rotatable bonds is 6. The summed E-state index contributed by atoms with van der Waals surface area (Å²) in [6, 6.07) is 10.2. The average molecular weight is 310 g/mol. The Labute approximate surface area is 132 Å². The van der Waals surface area contributed by atoms with E-state index in [1.165, 1.54) is 4.90 Å². The zero-order valence-corrected chi connectivity index (χ0v) is 14.2. The van der Waals surface area contributed by atoms with Crippen LogP contribution in [0.3, 0.4) is 0 Å². The fourth-order valence-electron chi connectivity index (χ4n) is 1.59. The summed E-state index contributed by atoms with van der Waals surface area (Å²) in [5.41, 5.74) is 5.64. The Bertz CT molecular complexity index is 432. The molecule has 4 nitrogen and oxygen atoms in total. The predicted molar refractivity (Wildman–Crippen MR) is 88.6 cm³/mol. The first-order chi connectivity index (χ1) is 9.78. The van der Waals surface area contributed by atoms with Gasteiger partial charge < -0.3 is 15.4 Å². The molecule has 1 amide bonds. The Morgan fingerprint density at radius 2 is 1.95 bits per heavy atom. The number of amides is 1. The molecular weight excluding hydrogens is 284 g/mol. The molecule has 0 aromatic heterocycles. The van der Waals surface area contributed by atoms with Crippen LogP contribution in [0.4, 0.5) is 4.79 Å². The summed E-state index contributed by atoms with van der Waals surface area (Å²) in [6.07, 6.45) is 0.459. The highest BCUT2D eigenvalue weighted by Gasteiger charge is 2.19. The fraction of sp³-hybridized carbons (Fsp3) is 0.562. The molecule has 118 valence electrons. The molecule has 0 saturated carbocycles. The number of hydrogen-bond acceptors (Lipinski definition) is 4. The van der Waals surface area contributed by atoms with E-state index in [4.69, 9.17) is 10.5 Å². The smallest absolute Gasteiger partial charge is 0.410 e. The van der Waals surface area contributed by atoms with E-state index < -0.39 is 5.60 Å². The summed E-state index contributed by atoms with van der Waals surface area (Å²) in [7, 11) is 1.74. The highest BCUT2D eigenvalue weighted by Crippen LogP contribution is 2.18. The van der Waals surface area contributed by atoms with Crippen molar-refractivity contribution in [3.8, 4) is 0 Å². The van der Waals surface area contributed by atoms with E-state index in [0.717, 1.165) is 12.2 Å². The largest absolute Gasteiger partial charge is 0.444 e. The zero-order valence-electron chi connectivity index (χ0n) is 13.3. The molecule has 1 aromatic carbocycles. The summed E-state index contributed by atoms with van der Waals surface area (Å²) in [6.45, 7) is 6.19. The van der Waals surface area contributed by atoms with Gasteiger partial charge in [-0.2, -0.15) is 0 Å². The van der Waals surface area contributed by atoms with Crippen LogP contribution in [0, 0.1) is 0 Å². The van der Waals surface area contributed by atoms with Gasteiger partial charge in [-0.15, -0.1) is 11.8 Å². The van der Waals surface area contributed by atoms with Gasteiger partial charge >= 0.3 is 6.09 Å². The average Bonchev–Trinajstić information content (AvgIpc) is 2.41. The maximum Gasteiger partial charge on any atom is 0.410 e. The number of nitrogens with zero attached hydrogens (tertiary/aromatic N) is 1. The zero-order chi connectivity index (χ0) is 15.9. The molecule has 2 N–H and O–H groups in total. The maximum atomic E-state index is 11.8. The Morgan fingerprint density at radius 3 is 2.52 bits per heavy atom. The SMILES string of the molecule is CN(CC[C@@H](N)CSc1ccccc1)C(=O)OC(C)(C)C. The van der Waals surface area contributed by atoms with Crippen LogP contribution >= 0.6 is 11.8 Å². The minimum Gasteiger partial charge on any atom is -0.444 e. The van der Waals surface area contributed by atoms with Crippen molar-refractivity contribution >= 4 is 17.9 Å². The van der Waals surface area contributed by atoms with Crippen LogP contribution in [-0.2, 0) is 4.74 Å². The number of carbonyl (C=O) groups is 1. The second-order valence-electron chi connectivity index (χ2n) is 6.07. The van der Waals surface area contributed by atoms with Crippen molar-refractivity contribution in [3.63, 3.8) is 0 Å². The molecule has 0 fully saturated rings. The number of ether oxygens (including phenoxy) is 1. The first-order valence-electron chi connectivity index (χ1n) is 7.15. The highest BCUT2D eigenvalue weighted by atomic mass is 32.2. The lowest BCUT2D eigenvalue weighted by Crippen LogP contribution is -2.37. The van der Waals surface area contributed by atoms with Crippen LogP contribution in [-0.4, -0.2) is 42.0 Å². The van der Waals surface area contributed by atoms with Crippen molar-refractivity contribution in [3.05, 3.63) is 30.3 Å². The number of thioether (sulfide) groups is 1. The van der Waals surface area contributed by atoms with Gasteiger partial charge in [0.25, 0.3) is 0 Å². The predicted octanol–water partition coefficient (Wildman–Crippen LogP) is 3.36. The van der Waals surface area contributed by atoms with Crippen LogP contribution < -0.4 is 5.73 Å². The molecule has 1 aromatic rings. The monoisotopic (exact) mass is 310 g/mol. The third kappa shape index (κ3) is 7.97. The molecule has 5 heteroatoms. The molecule has 0 spiro atoms. The van der Waals surface area contributed by atoms with E-state index in [9.17, 15) is 4.79 Å². The summed E-state index contributed by atoms with van der Waals surface area (Å²) >= 11 is 1.74. The van der Waals surface area contributed by atoms with Crippen molar-refractivity contribution in [1.82, 2.24) is 4.90 Å². The van der Waals surface area contributed by atoms with Crippen molar-refractivity contribution in [1.29, 1.82) is 0 Å². The minimum absolute atomic E-state index is 0.0556. The van der Waals surface area contributed by atoms with E-state index in [1.54, 1.807) is 23.7 Å². The van der Waals surface area contributed by atoms with Gasteiger partial charge in [-0.05, 0) is 39.3 Å². The molecule has 0 heterocycles.